The third-order valence-corrected chi connectivity index (χ3v) is 13.4. The smallest absolute Gasteiger partial charge is 0.120 e. The first-order valence-corrected chi connectivity index (χ1v) is 17.2. The molecule has 41 heavy (non-hydrogen) atoms. The van der Waals surface area contributed by atoms with Gasteiger partial charge in [0.05, 0.1) is 6.10 Å². The Morgan fingerprint density at radius 3 is 2.39 bits per heavy atom. The fourth-order valence-corrected chi connectivity index (χ4v) is 11.2. The van der Waals surface area contributed by atoms with Crippen LogP contribution in [-0.2, 0) is 6.54 Å². The van der Waals surface area contributed by atoms with E-state index in [0.717, 1.165) is 64.7 Å². The number of benzene rings is 2. The largest absolute Gasteiger partial charge is 0.508 e. The summed E-state index contributed by atoms with van der Waals surface area (Å²) in [6.45, 7) is 13.2. The minimum atomic E-state index is -0.302. The van der Waals surface area contributed by atoms with Gasteiger partial charge in [0.15, 0.2) is 0 Å². The van der Waals surface area contributed by atoms with Crippen LogP contribution in [0, 0.1) is 52.3 Å². The van der Waals surface area contributed by atoms with Crippen molar-refractivity contribution in [2.45, 2.75) is 124 Å². The molecule has 3 nitrogen and oxygen atoms in total. The average molecular weight is 560 g/mol. The molecule has 0 heterocycles. The lowest BCUT2D eigenvalue weighted by molar-refractivity contribution is -0.137. The van der Waals surface area contributed by atoms with E-state index in [-0.39, 0.29) is 12.1 Å². The van der Waals surface area contributed by atoms with Gasteiger partial charge in [-0.25, -0.2) is 0 Å². The molecule has 10 atom stereocenters. The molecule has 2 aromatic rings. The highest BCUT2D eigenvalue weighted by Crippen LogP contribution is 2.68. The number of aliphatic hydroxyl groups is 1. The maximum atomic E-state index is 11.3. The van der Waals surface area contributed by atoms with Crippen molar-refractivity contribution >= 4 is 10.8 Å². The number of phenols is 1. The van der Waals surface area contributed by atoms with Gasteiger partial charge in [-0.15, -0.1) is 0 Å². The van der Waals surface area contributed by atoms with Crippen molar-refractivity contribution < 1.29 is 10.2 Å². The summed E-state index contributed by atoms with van der Waals surface area (Å²) >= 11 is 0. The molecule has 4 saturated carbocycles. The number of phenolic OH excluding ortho intramolecular Hbond substituents is 1. The van der Waals surface area contributed by atoms with Crippen LogP contribution in [0.2, 0.25) is 0 Å². The summed E-state index contributed by atoms with van der Waals surface area (Å²) in [5.74, 6) is 6.13. The van der Waals surface area contributed by atoms with Crippen LogP contribution in [0.15, 0.2) is 36.4 Å². The molecule has 0 aromatic heterocycles. The van der Waals surface area contributed by atoms with Gasteiger partial charge in [-0.3, -0.25) is 0 Å². The van der Waals surface area contributed by atoms with E-state index in [2.05, 4.69) is 58.1 Å². The minimum Gasteiger partial charge on any atom is -0.508 e. The van der Waals surface area contributed by atoms with Crippen LogP contribution in [0.3, 0.4) is 0 Å². The molecule has 2 aromatic carbocycles. The highest BCUT2D eigenvalue weighted by Gasteiger charge is 2.61. The monoisotopic (exact) mass is 559 g/mol. The third-order valence-electron chi connectivity index (χ3n) is 13.4. The number of hydrogen-bond donors (Lipinski definition) is 3. The Morgan fingerprint density at radius 2 is 1.63 bits per heavy atom. The number of rotatable bonds is 8. The van der Waals surface area contributed by atoms with E-state index >= 15 is 0 Å². The summed E-state index contributed by atoms with van der Waals surface area (Å²) < 4.78 is 0. The molecule has 6 rings (SSSR count). The third kappa shape index (κ3) is 5.37. The van der Waals surface area contributed by atoms with E-state index in [0.29, 0.717) is 29.0 Å². The number of aromatic hydroxyl groups is 1. The maximum Gasteiger partial charge on any atom is 0.120 e. The SMILES string of the molecule is CC(C)CCCC(C)[C@H]1CCC2C3CCC4C[C@@H](O)C(NCc5cc6ccccc6cc5O)C[C@]4(C)C3CC[C@@]21C. The predicted octanol–water partition coefficient (Wildman–Crippen LogP) is 9.10. The highest BCUT2D eigenvalue weighted by molar-refractivity contribution is 5.84. The van der Waals surface area contributed by atoms with E-state index < -0.39 is 0 Å². The zero-order valence-corrected chi connectivity index (χ0v) is 26.5. The first kappa shape index (κ1) is 29.5. The molecule has 226 valence electrons. The van der Waals surface area contributed by atoms with E-state index in [1.165, 1.54) is 57.8 Å². The van der Waals surface area contributed by atoms with Crippen molar-refractivity contribution in [2.24, 2.45) is 52.3 Å². The molecule has 3 N–H and O–H groups in total. The van der Waals surface area contributed by atoms with E-state index in [1.54, 1.807) is 0 Å². The number of aliphatic hydroxyl groups excluding tert-OH is 1. The Labute approximate surface area is 249 Å². The lowest BCUT2D eigenvalue weighted by atomic mass is 9.44. The molecule has 0 amide bonds. The molecule has 4 fully saturated rings. The summed E-state index contributed by atoms with van der Waals surface area (Å²) in [5.41, 5.74) is 1.76. The van der Waals surface area contributed by atoms with Crippen LogP contribution in [0.1, 0.15) is 111 Å². The van der Waals surface area contributed by atoms with Gasteiger partial charge < -0.3 is 15.5 Å². The molecule has 4 aliphatic rings. The predicted molar refractivity (Wildman–Crippen MR) is 171 cm³/mol. The van der Waals surface area contributed by atoms with Crippen LogP contribution in [-0.4, -0.2) is 22.4 Å². The highest BCUT2D eigenvalue weighted by atomic mass is 16.3. The second-order valence-corrected chi connectivity index (χ2v) is 16.0. The number of hydrogen-bond acceptors (Lipinski definition) is 3. The molecule has 0 radical (unpaired) electrons. The molecule has 6 unspecified atom stereocenters. The Morgan fingerprint density at radius 1 is 0.902 bits per heavy atom. The zero-order valence-electron chi connectivity index (χ0n) is 26.5. The first-order valence-electron chi connectivity index (χ1n) is 17.2. The Hall–Kier alpha value is -1.58. The second-order valence-electron chi connectivity index (χ2n) is 16.0. The van der Waals surface area contributed by atoms with Gasteiger partial charge in [0.25, 0.3) is 0 Å². The fourth-order valence-electron chi connectivity index (χ4n) is 11.2. The summed E-state index contributed by atoms with van der Waals surface area (Å²) in [4.78, 5) is 0. The molecule has 0 aliphatic heterocycles. The van der Waals surface area contributed by atoms with Crippen LogP contribution in [0.25, 0.3) is 10.8 Å². The van der Waals surface area contributed by atoms with Gasteiger partial charge in [-0.2, -0.15) is 0 Å². The number of fused-ring (bicyclic) bond motifs is 6. The van der Waals surface area contributed by atoms with Crippen molar-refractivity contribution in [2.75, 3.05) is 0 Å². The lowest BCUT2D eigenvalue weighted by Gasteiger charge is -2.62. The topological polar surface area (TPSA) is 52.5 Å². The minimum absolute atomic E-state index is 0.0893. The van der Waals surface area contributed by atoms with Gasteiger partial charge >= 0.3 is 0 Å². The van der Waals surface area contributed by atoms with E-state index in [4.69, 9.17) is 0 Å². The molecular formula is C38H57NO2. The number of nitrogens with one attached hydrogen (secondary N) is 1. The van der Waals surface area contributed by atoms with Gasteiger partial charge in [0.1, 0.15) is 5.75 Å². The molecule has 4 aliphatic carbocycles. The Bertz CT molecular complexity index is 1210. The van der Waals surface area contributed by atoms with Crippen LogP contribution >= 0.6 is 0 Å². The Kier molecular flexibility index (Phi) is 8.27. The van der Waals surface area contributed by atoms with Crippen molar-refractivity contribution in [3.63, 3.8) is 0 Å². The summed E-state index contributed by atoms with van der Waals surface area (Å²) in [5, 5.41) is 28.0. The summed E-state index contributed by atoms with van der Waals surface area (Å²) in [7, 11) is 0. The first-order chi connectivity index (χ1) is 19.6. The van der Waals surface area contributed by atoms with Gasteiger partial charge in [-0.05, 0) is 127 Å². The summed E-state index contributed by atoms with van der Waals surface area (Å²) in [6.07, 6.45) is 14.3. The molecular weight excluding hydrogens is 502 g/mol. The molecule has 0 spiro atoms. The lowest BCUT2D eigenvalue weighted by Crippen LogP contribution is -2.59. The van der Waals surface area contributed by atoms with E-state index in [9.17, 15) is 10.2 Å². The second kappa shape index (κ2) is 11.5. The van der Waals surface area contributed by atoms with Crippen molar-refractivity contribution in [3.8, 4) is 5.75 Å². The van der Waals surface area contributed by atoms with Gasteiger partial charge in [0.2, 0.25) is 0 Å². The quantitative estimate of drug-likeness (QED) is 0.302. The van der Waals surface area contributed by atoms with Crippen LogP contribution in [0.5, 0.6) is 5.75 Å². The van der Waals surface area contributed by atoms with Crippen LogP contribution in [0.4, 0.5) is 0 Å². The normalized spacial score (nSPS) is 39.3. The maximum absolute atomic E-state index is 11.3. The Balaban J connectivity index is 1.15. The standard InChI is InChI=1S/C38H57NO2/c1-24(2)9-8-10-25(3)31-15-16-32-30-14-13-29-21-36(41)34(22-38(29,5)33(30)17-18-37(31,32)4)39-23-28-19-26-11-6-7-12-27(26)20-35(28)40/h6-7,11-12,19-20,24-25,29-34,36,39-41H,8-10,13-18,21-23H2,1-5H3/t25?,29?,30?,31-,32?,33?,34?,36-,37-,38+/m1/s1. The average Bonchev–Trinajstić information content (AvgIpc) is 3.29. The summed E-state index contributed by atoms with van der Waals surface area (Å²) in [6, 6.07) is 12.3. The zero-order chi connectivity index (χ0) is 28.9. The van der Waals surface area contributed by atoms with E-state index in [1.807, 2.05) is 18.2 Å². The van der Waals surface area contributed by atoms with Crippen molar-refractivity contribution in [3.05, 3.63) is 42.0 Å². The van der Waals surface area contributed by atoms with Gasteiger partial charge in [-0.1, -0.05) is 78.1 Å². The van der Waals surface area contributed by atoms with Crippen molar-refractivity contribution in [1.29, 1.82) is 0 Å². The molecule has 0 bridgehead atoms. The fraction of sp³-hybridized carbons (Fsp3) is 0.737. The van der Waals surface area contributed by atoms with Gasteiger partial charge in [0, 0.05) is 18.2 Å². The molecule has 3 heteroatoms. The van der Waals surface area contributed by atoms with Crippen molar-refractivity contribution in [1.82, 2.24) is 5.32 Å². The van der Waals surface area contributed by atoms with Crippen LogP contribution < -0.4 is 5.32 Å². The molecule has 0 saturated heterocycles.